The van der Waals surface area contributed by atoms with Crippen molar-refractivity contribution in [2.24, 2.45) is 0 Å². The molecular weight excluding hydrogens is 512 g/mol. The van der Waals surface area contributed by atoms with Crippen molar-refractivity contribution in [3.63, 3.8) is 0 Å². The molecule has 0 aromatic heterocycles. The molecule has 0 fully saturated rings. The van der Waals surface area contributed by atoms with Crippen LogP contribution in [0.4, 0.5) is 5.69 Å². The molecule has 208 valence electrons. The van der Waals surface area contributed by atoms with E-state index in [9.17, 15) is 18.0 Å². The van der Waals surface area contributed by atoms with Crippen molar-refractivity contribution < 1.29 is 18.0 Å². The minimum Gasteiger partial charge on any atom is -0.354 e. The summed E-state index contributed by atoms with van der Waals surface area (Å²) in [5.74, 6) is -0.750. The topological polar surface area (TPSA) is 90.0 Å². The van der Waals surface area contributed by atoms with E-state index in [1.807, 2.05) is 68.4 Å². The predicted octanol–water partition coefficient (Wildman–Crippen LogP) is 3.77. The molecule has 0 radical (unpaired) electrons. The second-order valence-corrected chi connectivity index (χ2v) is 11.7. The van der Waals surface area contributed by atoms with E-state index in [0.29, 0.717) is 18.7 Å². The fraction of sp³-hybridized carbons (Fsp3) is 0.333. The first-order valence-electron chi connectivity index (χ1n) is 13.1. The maximum atomic E-state index is 14.1. The van der Waals surface area contributed by atoms with Gasteiger partial charge in [0.2, 0.25) is 11.8 Å². The van der Waals surface area contributed by atoms with Gasteiger partial charge in [-0.15, -0.1) is 0 Å². The van der Waals surface area contributed by atoms with Crippen LogP contribution in [0.25, 0.3) is 0 Å². The number of carbonyl (C=O) groups is 2. The first-order valence-corrected chi connectivity index (χ1v) is 14.4. The van der Waals surface area contributed by atoms with Crippen molar-refractivity contribution in [1.29, 1.82) is 0 Å². The van der Waals surface area contributed by atoms with E-state index in [-0.39, 0.29) is 12.5 Å². The molecule has 0 saturated heterocycles. The summed E-state index contributed by atoms with van der Waals surface area (Å²) in [6.07, 6.45) is 1.04. The first kappa shape index (κ1) is 29.9. The quantitative estimate of drug-likeness (QED) is 0.351. The SMILES string of the molecule is CCCNC(=O)[C@H](Cc1ccccc1)N(Cc1ccc(C)cc1)C(=O)CN(c1ccccc1)S(=O)(=O)N(C)C. The molecule has 0 aliphatic rings. The van der Waals surface area contributed by atoms with Gasteiger partial charge in [-0.25, -0.2) is 4.31 Å². The van der Waals surface area contributed by atoms with Gasteiger partial charge in [0.05, 0.1) is 5.69 Å². The van der Waals surface area contributed by atoms with Crippen LogP contribution in [0.5, 0.6) is 0 Å². The Hall–Kier alpha value is -3.69. The van der Waals surface area contributed by atoms with Gasteiger partial charge in [0.25, 0.3) is 0 Å². The highest BCUT2D eigenvalue weighted by Crippen LogP contribution is 2.21. The van der Waals surface area contributed by atoms with Gasteiger partial charge >= 0.3 is 10.2 Å². The summed E-state index contributed by atoms with van der Waals surface area (Å²) in [7, 11) is -1.15. The van der Waals surface area contributed by atoms with Crippen molar-refractivity contribution in [3.05, 3.63) is 102 Å². The summed E-state index contributed by atoms with van der Waals surface area (Å²) in [4.78, 5) is 29.1. The van der Waals surface area contributed by atoms with Gasteiger partial charge in [-0.2, -0.15) is 12.7 Å². The van der Waals surface area contributed by atoms with Gasteiger partial charge in [-0.3, -0.25) is 9.59 Å². The summed E-state index contributed by atoms with van der Waals surface area (Å²) in [5.41, 5.74) is 3.18. The Balaban J connectivity index is 2.05. The molecule has 0 bridgehead atoms. The van der Waals surface area contributed by atoms with Crippen LogP contribution in [0.1, 0.15) is 30.0 Å². The number of carbonyl (C=O) groups excluding carboxylic acids is 2. The fourth-order valence-corrected chi connectivity index (χ4v) is 5.18. The summed E-state index contributed by atoms with van der Waals surface area (Å²) < 4.78 is 28.8. The normalized spacial score (nSPS) is 12.1. The van der Waals surface area contributed by atoms with Crippen LogP contribution in [0.2, 0.25) is 0 Å². The fourth-order valence-electron chi connectivity index (χ4n) is 4.12. The van der Waals surface area contributed by atoms with Crippen molar-refractivity contribution in [2.75, 3.05) is 31.5 Å². The van der Waals surface area contributed by atoms with Crippen LogP contribution in [0.15, 0.2) is 84.9 Å². The van der Waals surface area contributed by atoms with Gasteiger partial charge in [0.1, 0.15) is 12.6 Å². The van der Waals surface area contributed by atoms with Crippen LogP contribution >= 0.6 is 0 Å². The van der Waals surface area contributed by atoms with Crippen LogP contribution in [0.3, 0.4) is 0 Å². The minimum absolute atomic E-state index is 0.154. The van der Waals surface area contributed by atoms with E-state index >= 15 is 0 Å². The number of rotatable bonds is 13. The number of hydrogen-bond donors (Lipinski definition) is 1. The van der Waals surface area contributed by atoms with E-state index in [4.69, 9.17) is 0 Å². The third-order valence-electron chi connectivity index (χ3n) is 6.36. The molecule has 2 amide bonds. The van der Waals surface area contributed by atoms with E-state index in [1.54, 1.807) is 30.3 Å². The summed E-state index contributed by atoms with van der Waals surface area (Å²) in [6, 6.07) is 24.9. The highest BCUT2D eigenvalue weighted by atomic mass is 32.2. The number of para-hydroxylation sites is 1. The lowest BCUT2D eigenvalue weighted by Gasteiger charge is -2.34. The Bertz CT molecular complexity index is 1310. The molecule has 3 aromatic carbocycles. The van der Waals surface area contributed by atoms with Crippen LogP contribution in [0, 0.1) is 6.92 Å². The standard InChI is InChI=1S/C30H38N4O4S/c1-5-20-31-30(36)28(21-25-12-8-6-9-13-25)33(22-26-18-16-24(2)17-19-26)29(35)23-34(39(37,38)32(3)4)27-14-10-7-11-15-27/h6-19,28H,5,20-23H2,1-4H3,(H,31,36)/t28-/m0/s1. The monoisotopic (exact) mass is 550 g/mol. The average Bonchev–Trinajstić information content (AvgIpc) is 2.94. The molecular formula is C30H38N4O4S. The van der Waals surface area contributed by atoms with E-state index in [2.05, 4.69) is 5.32 Å². The van der Waals surface area contributed by atoms with Crippen molar-refractivity contribution in [3.8, 4) is 0 Å². The first-order chi connectivity index (χ1) is 18.6. The Labute approximate surface area is 232 Å². The number of amides is 2. The molecule has 1 atom stereocenters. The van der Waals surface area contributed by atoms with Gasteiger partial charge in [-0.05, 0) is 36.6 Å². The lowest BCUT2D eigenvalue weighted by Crippen LogP contribution is -2.54. The van der Waals surface area contributed by atoms with Crippen LogP contribution < -0.4 is 9.62 Å². The maximum Gasteiger partial charge on any atom is 0.304 e. The number of hydrogen-bond acceptors (Lipinski definition) is 4. The van der Waals surface area contributed by atoms with E-state index < -0.39 is 28.7 Å². The summed E-state index contributed by atoms with van der Waals surface area (Å²) in [6.45, 7) is 4.11. The second-order valence-electron chi connectivity index (χ2n) is 9.64. The predicted molar refractivity (Wildman–Crippen MR) is 155 cm³/mol. The number of nitrogens with one attached hydrogen (secondary N) is 1. The lowest BCUT2D eigenvalue weighted by atomic mass is 10.0. The number of aryl methyl sites for hydroxylation is 1. The molecule has 3 aromatic rings. The van der Waals surface area contributed by atoms with Crippen molar-refractivity contribution >= 4 is 27.7 Å². The molecule has 39 heavy (non-hydrogen) atoms. The minimum atomic E-state index is -4.00. The number of anilines is 1. The third-order valence-corrected chi connectivity index (χ3v) is 8.18. The molecule has 0 saturated carbocycles. The molecule has 0 spiro atoms. The Morgan fingerprint density at radius 1 is 0.846 bits per heavy atom. The maximum absolute atomic E-state index is 14.1. The molecule has 9 heteroatoms. The molecule has 0 aliphatic heterocycles. The Kier molecular flexibility index (Phi) is 10.7. The molecule has 0 unspecified atom stereocenters. The highest BCUT2D eigenvalue weighted by Gasteiger charge is 2.34. The second kappa shape index (κ2) is 13.9. The Morgan fingerprint density at radius 3 is 2.00 bits per heavy atom. The van der Waals surface area contributed by atoms with E-state index in [1.165, 1.54) is 19.0 Å². The van der Waals surface area contributed by atoms with Gasteiger partial charge in [0, 0.05) is 33.6 Å². The Morgan fingerprint density at radius 2 is 1.44 bits per heavy atom. The summed E-state index contributed by atoms with van der Waals surface area (Å²) >= 11 is 0. The molecule has 0 heterocycles. The molecule has 0 aliphatic carbocycles. The summed E-state index contributed by atoms with van der Waals surface area (Å²) in [5, 5.41) is 2.94. The zero-order chi connectivity index (χ0) is 28.4. The van der Waals surface area contributed by atoms with Crippen molar-refractivity contribution in [2.45, 2.75) is 39.3 Å². The average molecular weight is 551 g/mol. The largest absolute Gasteiger partial charge is 0.354 e. The molecule has 3 rings (SSSR count). The van der Waals surface area contributed by atoms with Gasteiger partial charge in [0.15, 0.2) is 0 Å². The zero-order valence-electron chi connectivity index (χ0n) is 23.1. The molecule has 1 N–H and O–H groups in total. The van der Waals surface area contributed by atoms with E-state index in [0.717, 1.165) is 31.7 Å². The third kappa shape index (κ3) is 8.15. The smallest absolute Gasteiger partial charge is 0.304 e. The van der Waals surface area contributed by atoms with Gasteiger partial charge in [-0.1, -0.05) is 85.3 Å². The van der Waals surface area contributed by atoms with Crippen LogP contribution in [-0.2, 0) is 32.8 Å². The lowest BCUT2D eigenvalue weighted by molar-refractivity contribution is -0.140. The van der Waals surface area contributed by atoms with Gasteiger partial charge < -0.3 is 10.2 Å². The van der Waals surface area contributed by atoms with Crippen LogP contribution in [-0.4, -0.2) is 62.7 Å². The van der Waals surface area contributed by atoms with Crippen molar-refractivity contribution in [1.82, 2.24) is 14.5 Å². The number of nitrogens with zero attached hydrogens (tertiary/aromatic N) is 3. The zero-order valence-corrected chi connectivity index (χ0v) is 23.9. The molecule has 8 nitrogen and oxygen atoms in total. The number of benzene rings is 3. The highest BCUT2D eigenvalue weighted by molar-refractivity contribution is 7.90.